The third-order valence-electron chi connectivity index (χ3n) is 2.96. The number of hydrogen-bond acceptors (Lipinski definition) is 3. The molecule has 0 amide bonds. The van der Waals surface area contributed by atoms with Crippen molar-refractivity contribution in [2.45, 2.75) is 20.8 Å². The zero-order chi connectivity index (χ0) is 12.6. The third-order valence-corrected chi connectivity index (χ3v) is 2.96. The summed E-state index contributed by atoms with van der Waals surface area (Å²) in [6.45, 7) is 5.57. The highest BCUT2D eigenvalue weighted by Gasteiger charge is 2.19. The van der Waals surface area contributed by atoms with Crippen LogP contribution in [0.15, 0.2) is 28.7 Å². The van der Waals surface area contributed by atoms with Gasteiger partial charge in [-0.05, 0) is 45.0 Å². The number of anilines is 1. The van der Waals surface area contributed by atoms with E-state index in [1.54, 1.807) is 24.3 Å². The molecule has 3 heteroatoms. The molecular formula is C14H15NO2. The standard InChI is InChI=1S/C14H15NO2/c1-8-9(2)17-10(3)13(8)14(16)11-4-6-12(15)7-5-11/h4-7H,15H2,1-3H3. The average molecular weight is 229 g/mol. The first-order valence-electron chi connectivity index (χ1n) is 5.47. The molecule has 0 radical (unpaired) electrons. The molecule has 1 aromatic heterocycles. The van der Waals surface area contributed by atoms with Crippen LogP contribution in [0.25, 0.3) is 0 Å². The number of nitrogen functional groups attached to an aromatic ring is 1. The summed E-state index contributed by atoms with van der Waals surface area (Å²) in [7, 11) is 0. The van der Waals surface area contributed by atoms with Crippen molar-refractivity contribution in [2.24, 2.45) is 0 Å². The number of rotatable bonds is 2. The van der Waals surface area contributed by atoms with E-state index in [-0.39, 0.29) is 5.78 Å². The van der Waals surface area contributed by atoms with Gasteiger partial charge < -0.3 is 10.2 Å². The lowest BCUT2D eigenvalue weighted by molar-refractivity contribution is 0.103. The number of carbonyl (C=O) groups is 1. The molecule has 88 valence electrons. The van der Waals surface area contributed by atoms with Gasteiger partial charge in [-0.25, -0.2) is 0 Å². The second kappa shape index (κ2) is 4.09. The maximum atomic E-state index is 12.3. The molecule has 2 N–H and O–H groups in total. The maximum absolute atomic E-state index is 12.3. The summed E-state index contributed by atoms with van der Waals surface area (Å²) in [6.07, 6.45) is 0. The zero-order valence-electron chi connectivity index (χ0n) is 10.2. The van der Waals surface area contributed by atoms with Crippen LogP contribution in [0.5, 0.6) is 0 Å². The minimum absolute atomic E-state index is 0.0168. The number of carbonyl (C=O) groups excluding carboxylic acids is 1. The fraction of sp³-hybridized carbons (Fsp3) is 0.214. The summed E-state index contributed by atoms with van der Waals surface area (Å²) in [5.74, 6) is 1.44. The second-order valence-electron chi connectivity index (χ2n) is 4.17. The fourth-order valence-electron chi connectivity index (χ4n) is 1.91. The van der Waals surface area contributed by atoms with E-state index in [0.717, 1.165) is 11.3 Å². The molecular weight excluding hydrogens is 214 g/mol. The molecule has 0 atom stereocenters. The van der Waals surface area contributed by atoms with Gasteiger partial charge in [-0.2, -0.15) is 0 Å². The molecule has 1 heterocycles. The Kier molecular flexibility index (Phi) is 2.76. The predicted molar refractivity (Wildman–Crippen MR) is 67.2 cm³/mol. The summed E-state index contributed by atoms with van der Waals surface area (Å²) in [4.78, 5) is 12.3. The molecule has 1 aromatic carbocycles. The van der Waals surface area contributed by atoms with Gasteiger partial charge in [0.25, 0.3) is 0 Å². The second-order valence-corrected chi connectivity index (χ2v) is 4.17. The maximum Gasteiger partial charge on any atom is 0.196 e. The van der Waals surface area contributed by atoms with Crippen molar-refractivity contribution in [2.75, 3.05) is 5.73 Å². The minimum atomic E-state index is -0.0168. The first-order chi connectivity index (χ1) is 8.00. The summed E-state index contributed by atoms with van der Waals surface area (Å²) < 4.78 is 5.47. The quantitative estimate of drug-likeness (QED) is 0.636. The van der Waals surface area contributed by atoms with Crippen LogP contribution in [-0.2, 0) is 0 Å². The lowest BCUT2D eigenvalue weighted by atomic mass is 10.00. The molecule has 0 saturated heterocycles. The molecule has 0 aliphatic rings. The van der Waals surface area contributed by atoms with Crippen molar-refractivity contribution < 1.29 is 9.21 Å². The lowest BCUT2D eigenvalue weighted by Crippen LogP contribution is -2.03. The number of hydrogen-bond donors (Lipinski definition) is 1. The topological polar surface area (TPSA) is 56.2 Å². The van der Waals surface area contributed by atoms with Crippen LogP contribution in [0.2, 0.25) is 0 Å². The molecule has 0 spiro atoms. The minimum Gasteiger partial charge on any atom is -0.466 e. The van der Waals surface area contributed by atoms with E-state index in [4.69, 9.17) is 10.2 Å². The molecule has 3 nitrogen and oxygen atoms in total. The first kappa shape index (κ1) is 11.5. The normalized spacial score (nSPS) is 10.5. The van der Waals surface area contributed by atoms with Crippen LogP contribution in [0.3, 0.4) is 0 Å². The highest BCUT2D eigenvalue weighted by molar-refractivity contribution is 6.10. The van der Waals surface area contributed by atoms with Gasteiger partial charge in [0.05, 0.1) is 5.56 Å². The van der Waals surface area contributed by atoms with E-state index in [1.807, 2.05) is 20.8 Å². The van der Waals surface area contributed by atoms with Crippen molar-refractivity contribution in [1.82, 2.24) is 0 Å². The van der Waals surface area contributed by atoms with Crippen molar-refractivity contribution in [1.29, 1.82) is 0 Å². The van der Waals surface area contributed by atoms with Crippen molar-refractivity contribution in [3.63, 3.8) is 0 Å². The number of aryl methyl sites for hydroxylation is 2. The van der Waals surface area contributed by atoms with Crippen molar-refractivity contribution in [3.8, 4) is 0 Å². The summed E-state index contributed by atoms with van der Waals surface area (Å²) in [6, 6.07) is 6.92. The lowest BCUT2D eigenvalue weighted by Gasteiger charge is -2.01. The van der Waals surface area contributed by atoms with E-state index in [1.165, 1.54) is 0 Å². The molecule has 0 fully saturated rings. The molecule has 0 saturated carbocycles. The van der Waals surface area contributed by atoms with Gasteiger partial charge in [-0.1, -0.05) is 0 Å². The molecule has 2 rings (SSSR count). The number of ketones is 1. The van der Waals surface area contributed by atoms with E-state index < -0.39 is 0 Å². The molecule has 17 heavy (non-hydrogen) atoms. The van der Waals surface area contributed by atoms with Gasteiger partial charge in [-0.15, -0.1) is 0 Å². The van der Waals surface area contributed by atoms with Gasteiger partial charge in [0.15, 0.2) is 5.78 Å². The van der Waals surface area contributed by atoms with Crippen LogP contribution in [-0.4, -0.2) is 5.78 Å². The Morgan fingerprint density at radius 2 is 1.65 bits per heavy atom. The van der Waals surface area contributed by atoms with E-state index in [9.17, 15) is 4.79 Å². The van der Waals surface area contributed by atoms with E-state index >= 15 is 0 Å². The van der Waals surface area contributed by atoms with Gasteiger partial charge in [0.1, 0.15) is 11.5 Å². The van der Waals surface area contributed by atoms with E-state index in [0.29, 0.717) is 22.6 Å². The van der Waals surface area contributed by atoms with Crippen LogP contribution in [0, 0.1) is 20.8 Å². The van der Waals surface area contributed by atoms with Gasteiger partial charge >= 0.3 is 0 Å². The SMILES string of the molecule is Cc1oc(C)c(C(=O)c2ccc(N)cc2)c1C. The number of furan rings is 1. The third kappa shape index (κ3) is 1.96. The van der Waals surface area contributed by atoms with Gasteiger partial charge in [-0.3, -0.25) is 4.79 Å². The Morgan fingerprint density at radius 3 is 2.12 bits per heavy atom. The largest absolute Gasteiger partial charge is 0.466 e. The van der Waals surface area contributed by atoms with E-state index in [2.05, 4.69) is 0 Å². The number of nitrogens with two attached hydrogens (primary N) is 1. The molecule has 0 aliphatic heterocycles. The Bertz CT molecular complexity index is 565. The highest BCUT2D eigenvalue weighted by Crippen LogP contribution is 2.23. The Labute approximate surface area is 100 Å². The molecule has 0 bridgehead atoms. The average Bonchev–Trinajstić information content (AvgIpc) is 2.53. The van der Waals surface area contributed by atoms with Crippen LogP contribution in [0.4, 0.5) is 5.69 Å². The Morgan fingerprint density at radius 1 is 1.06 bits per heavy atom. The molecule has 2 aromatic rings. The molecule has 0 aliphatic carbocycles. The van der Waals surface area contributed by atoms with Crippen LogP contribution >= 0.6 is 0 Å². The monoisotopic (exact) mass is 229 g/mol. The zero-order valence-corrected chi connectivity index (χ0v) is 10.2. The first-order valence-corrected chi connectivity index (χ1v) is 5.47. The van der Waals surface area contributed by atoms with Crippen molar-refractivity contribution in [3.05, 3.63) is 52.5 Å². The van der Waals surface area contributed by atoms with Gasteiger partial charge in [0, 0.05) is 16.8 Å². The Hall–Kier alpha value is -2.03. The fourth-order valence-corrected chi connectivity index (χ4v) is 1.91. The summed E-state index contributed by atoms with van der Waals surface area (Å²) in [5, 5.41) is 0. The van der Waals surface area contributed by atoms with Crippen LogP contribution < -0.4 is 5.73 Å². The molecule has 0 unspecified atom stereocenters. The smallest absolute Gasteiger partial charge is 0.196 e. The van der Waals surface area contributed by atoms with Gasteiger partial charge in [0.2, 0.25) is 0 Å². The number of benzene rings is 1. The van der Waals surface area contributed by atoms with Crippen LogP contribution in [0.1, 0.15) is 33.0 Å². The van der Waals surface area contributed by atoms with Crippen molar-refractivity contribution >= 4 is 11.5 Å². The highest BCUT2D eigenvalue weighted by atomic mass is 16.3. The summed E-state index contributed by atoms with van der Waals surface area (Å²) >= 11 is 0. The predicted octanol–water partition coefficient (Wildman–Crippen LogP) is 3.02. The Balaban J connectivity index is 2.47. The summed E-state index contributed by atoms with van der Waals surface area (Å²) in [5.41, 5.74) is 8.45.